The fraction of sp³-hybridized carbons (Fsp3) is 0.583. The van der Waals surface area contributed by atoms with Crippen LogP contribution in [0.25, 0.3) is 0 Å². The lowest BCUT2D eigenvalue weighted by Crippen LogP contribution is -2.68. The lowest BCUT2D eigenvalue weighted by atomic mass is 9.50. The van der Waals surface area contributed by atoms with Crippen molar-refractivity contribution >= 4 is 5.91 Å². The fourth-order valence-electron chi connectivity index (χ4n) is 2.40. The number of carbonyl (C=O) groups is 1. The molecular formula is C12H17FN2O2. The first-order chi connectivity index (χ1) is 7.96. The zero-order valence-electron chi connectivity index (χ0n) is 9.79. The first-order valence-electron chi connectivity index (χ1n) is 5.69. The van der Waals surface area contributed by atoms with E-state index in [1.807, 2.05) is 0 Å². The van der Waals surface area contributed by atoms with Gasteiger partial charge in [0, 0.05) is 11.1 Å². The summed E-state index contributed by atoms with van der Waals surface area (Å²) in [5, 5.41) is 14.3. The number of rotatable bonds is 5. The van der Waals surface area contributed by atoms with Crippen LogP contribution in [0.5, 0.6) is 0 Å². The summed E-state index contributed by atoms with van der Waals surface area (Å²) in [4.78, 5) is 11.7. The SMILES string of the molecule is C=C(/C=C(\F)C(O)NC)C(=O)NC12CC(C1)C2. The maximum absolute atomic E-state index is 13.3. The molecule has 94 valence electrons. The maximum Gasteiger partial charge on any atom is 0.251 e. The lowest BCUT2D eigenvalue weighted by molar-refractivity contribution is -0.128. The van der Waals surface area contributed by atoms with Gasteiger partial charge in [-0.25, -0.2) is 4.39 Å². The van der Waals surface area contributed by atoms with Crippen LogP contribution in [-0.4, -0.2) is 29.8 Å². The number of likely N-dealkylation sites (N-methyl/N-ethyl adjacent to an activating group) is 1. The monoisotopic (exact) mass is 240 g/mol. The zero-order chi connectivity index (χ0) is 12.6. The van der Waals surface area contributed by atoms with Crippen LogP contribution in [0.4, 0.5) is 4.39 Å². The first-order valence-corrected chi connectivity index (χ1v) is 5.69. The topological polar surface area (TPSA) is 61.4 Å². The molecule has 3 aliphatic carbocycles. The molecular weight excluding hydrogens is 223 g/mol. The third-order valence-corrected chi connectivity index (χ3v) is 3.56. The Bertz CT molecular complexity index is 375. The maximum atomic E-state index is 13.3. The quantitative estimate of drug-likeness (QED) is 0.375. The number of amides is 1. The highest BCUT2D eigenvalue weighted by atomic mass is 19.1. The summed E-state index contributed by atoms with van der Waals surface area (Å²) in [7, 11) is 1.42. The predicted octanol–water partition coefficient (Wildman–Crippen LogP) is 0.602. The van der Waals surface area contributed by atoms with Gasteiger partial charge in [-0.15, -0.1) is 0 Å². The highest BCUT2D eigenvalue weighted by Gasteiger charge is 2.57. The van der Waals surface area contributed by atoms with Gasteiger partial charge in [0.25, 0.3) is 5.91 Å². The molecule has 0 spiro atoms. The predicted molar refractivity (Wildman–Crippen MR) is 61.6 cm³/mol. The number of halogens is 1. The molecule has 0 aromatic heterocycles. The third kappa shape index (κ3) is 2.25. The van der Waals surface area contributed by atoms with E-state index < -0.39 is 12.1 Å². The minimum Gasteiger partial charge on any atom is -0.372 e. The van der Waals surface area contributed by atoms with E-state index in [9.17, 15) is 9.18 Å². The van der Waals surface area contributed by atoms with Gasteiger partial charge in [0.05, 0.1) is 0 Å². The number of aliphatic hydroxyl groups excluding tert-OH is 1. The number of hydrogen-bond acceptors (Lipinski definition) is 3. The van der Waals surface area contributed by atoms with Crippen LogP contribution in [0.3, 0.4) is 0 Å². The van der Waals surface area contributed by atoms with Gasteiger partial charge in [-0.2, -0.15) is 0 Å². The van der Waals surface area contributed by atoms with Gasteiger partial charge >= 0.3 is 0 Å². The summed E-state index contributed by atoms with van der Waals surface area (Å²) in [6, 6.07) is 0. The van der Waals surface area contributed by atoms with Crippen molar-refractivity contribution in [3.05, 3.63) is 24.1 Å². The Kier molecular flexibility index (Phi) is 3.05. The van der Waals surface area contributed by atoms with Crippen LogP contribution in [0.15, 0.2) is 24.1 Å². The molecule has 3 N–H and O–H groups in total. The highest BCUT2D eigenvalue weighted by molar-refractivity contribution is 5.96. The second-order valence-corrected chi connectivity index (χ2v) is 4.96. The average Bonchev–Trinajstić information content (AvgIpc) is 2.19. The Morgan fingerprint density at radius 3 is 2.59 bits per heavy atom. The Balaban J connectivity index is 1.88. The molecule has 17 heavy (non-hydrogen) atoms. The van der Waals surface area contributed by atoms with Crippen molar-refractivity contribution < 1.29 is 14.3 Å². The number of carbonyl (C=O) groups excluding carboxylic acids is 1. The van der Waals surface area contributed by atoms with Crippen LogP contribution < -0.4 is 10.6 Å². The summed E-state index contributed by atoms with van der Waals surface area (Å²) < 4.78 is 13.3. The minimum atomic E-state index is -1.39. The van der Waals surface area contributed by atoms with Gasteiger partial charge in [-0.3, -0.25) is 10.1 Å². The molecule has 4 nitrogen and oxygen atoms in total. The van der Waals surface area contributed by atoms with Crippen LogP contribution >= 0.6 is 0 Å². The molecule has 3 aliphatic rings. The molecule has 3 saturated carbocycles. The van der Waals surface area contributed by atoms with Crippen LogP contribution in [0.1, 0.15) is 19.3 Å². The molecule has 0 aromatic carbocycles. The third-order valence-electron chi connectivity index (χ3n) is 3.56. The van der Waals surface area contributed by atoms with Crippen molar-refractivity contribution in [3.8, 4) is 0 Å². The molecule has 1 unspecified atom stereocenters. The van der Waals surface area contributed by atoms with Crippen molar-refractivity contribution in [2.75, 3.05) is 7.05 Å². The molecule has 1 atom stereocenters. The molecule has 5 heteroatoms. The molecule has 3 rings (SSSR count). The highest BCUT2D eigenvalue weighted by Crippen LogP contribution is 2.56. The molecule has 0 aromatic rings. The van der Waals surface area contributed by atoms with Gasteiger partial charge in [0.2, 0.25) is 0 Å². The van der Waals surface area contributed by atoms with Crippen LogP contribution in [0, 0.1) is 5.92 Å². The number of nitrogens with one attached hydrogen (secondary N) is 2. The minimum absolute atomic E-state index is 0.0292. The summed E-state index contributed by atoms with van der Waals surface area (Å²) >= 11 is 0. The van der Waals surface area contributed by atoms with E-state index in [-0.39, 0.29) is 17.0 Å². The van der Waals surface area contributed by atoms with Crippen molar-refractivity contribution in [1.82, 2.24) is 10.6 Å². The van der Waals surface area contributed by atoms with Crippen molar-refractivity contribution in [1.29, 1.82) is 0 Å². The molecule has 0 saturated heterocycles. The summed E-state index contributed by atoms with van der Waals surface area (Å²) in [5.74, 6) is -0.409. The van der Waals surface area contributed by atoms with E-state index in [0.29, 0.717) is 0 Å². The van der Waals surface area contributed by atoms with E-state index in [1.54, 1.807) is 0 Å². The summed E-state index contributed by atoms with van der Waals surface area (Å²) in [5.41, 5.74) is -0.0158. The summed E-state index contributed by atoms with van der Waals surface area (Å²) in [6.45, 7) is 3.50. The van der Waals surface area contributed by atoms with E-state index in [2.05, 4.69) is 17.2 Å². The summed E-state index contributed by atoms with van der Waals surface area (Å²) in [6.07, 6.45) is 2.64. The number of aliphatic hydroxyl groups is 1. The molecule has 0 aliphatic heterocycles. The van der Waals surface area contributed by atoms with Gasteiger partial charge in [-0.05, 0) is 38.3 Å². The van der Waals surface area contributed by atoms with Crippen molar-refractivity contribution in [3.63, 3.8) is 0 Å². The first kappa shape index (κ1) is 12.3. The second-order valence-electron chi connectivity index (χ2n) is 4.96. The fourth-order valence-corrected chi connectivity index (χ4v) is 2.40. The normalized spacial score (nSPS) is 32.2. The van der Waals surface area contributed by atoms with Gasteiger partial charge in [0.15, 0.2) is 6.23 Å². The molecule has 1 amide bonds. The van der Waals surface area contributed by atoms with Gasteiger partial charge < -0.3 is 10.4 Å². The van der Waals surface area contributed by atoms with Crippen LogP contribution in [-0.2, 0) is 4.79 Å². The van der Waals surface area contributed by atoms with E-state index in [0.717, 1.165) is 31.3 Å². The molecule has 2 bridgehead atoms. The Labute approximate surface area is 99.6 Å². The van der Waals surface area contributed by atoms with E-state index in [1.165, 1.54) is 7.05 Å². The number of hydrogen-bond donors (Lipinski definition) is 3. The molecule has 0 heterocycles. The van der Waals surface area contributed by atoms with Crippen molar-refractivity contribution in [2.24, 2.45) is 5.92 Å². The Morgan fingerprint density at radius 2 is 2.18 bits per heavy atom. The zero-order valence-corrected chi connectivity index (χ0v) is 9.79. The van der Waals surface area contributed by atoms with Crippen LogP contribution in [0.2, 0.25) is 0 Å². The smallest absolute Gasteiger partial charge is 0.251 e. The van der Waals surface area contributed by atoms with E-state index in [4.69, 9.17) is 5.11 Å². The molecule has 0 radical (unpaired) electrons. The average molecular weight is 240 g/mol. The lowest BCUT2D eigenvalue weighted by Gasteiger charge is -2.61. The second kappa shape index (κ2) is 4.23. The largest absolute Gasteiger partial charge is 0.372 e. The Hall–Kier alpha value is -1.20. The van der Waals surface area contributed by atoms with Gasteiger partial charge in [-0.1, -0.05) is 6.58 Å². The van der Waals surface area contributed by atoms with Crippen molar-refractivity contribution in [2.45, 2.75) is 31.0 Å². The molecule has 3 fully saturated rings. The Morgan fingerprint density at radius 1 is 1.59 bits per heavy atom. The van der Waals surface area contributed by atoms with Gasteiger partial charge in [0.1, 0.15) is 5.83 Å². The van der Waals surface area contributed by atoms with E-state index >= 15 is 0 Å². The standard InChI is InChI=1S/C12H17FN2O2/c1-7(3-9(13)11(17)14-2)10(16)15-12-4-8(5-12)6-12/h3,8,11,14,17H,1,4-6H2,2H3,(H,15,16)/b9-3-.